The number of tetrazole rings is 1. The number of aryl methyl sites for hydroxylation is 2. The van der Waals surface area contributed by atoms with Crippen molar-refractivity contribution in [3.63, 3.8) is 0 Å². The Labute approximate surface area is 156 Å². The Kier molecular flexibility index (Phi) is 4.13. The number of nitrogens with zero attached hydrogens (tertiary/aromatic N) is 6. The van der Waals surface area contributed by atoms with Crippen LogP contribution in [-0.2, 0) is 0 Å². The summed E-state index contributed by atoms with van der Waals surface area (Å²) in [5, 5.41) is 23.4. The third kappa shape index (κ3) is 3.04. The SMILES string of the molecule is Cc1ccc(-n2nnnc2Sc2nc3ccc([N+](=O)[O-])cc3s2)cc1C. The lowest BCUT2D eigenvalue weighted by molar-refractivity contribution is -0.384. The highest BCUT2D eigenvalue weighted by atomic mass is 32.2. The van der Waals surface area contributed by atoms with E-state index in [-0.39, 0.29) is 5.69 Å². The molecule has 0 saturated carbocycles. The van der Waals surface area contributed by atoms with Gasteiger partial charge in [-0.05, 0) is 65.4 Å². The molecule has 130 valence electrons. The summed E-state index contributed by atoms with van der Waals surface area (Å²) in [5.41, 5.74) is 3.99. The van der Waals surface area contributed by atoms with Crippen LogP contribution < -0.4 is 0 Å². The summed E-state index contributed by atoms with van der Waals surface area (Å²) in [5.74, 6) is 0. The summed E-state index contributed by atoms with van der Waals surface area (Å²) < 4.78 is 3.14. The number of fused-ring (bicyclic) bond motifs is 1. The highest BCUT2D eigenvalue weighted by molar-refractivity contribution is 8.01. The minimum Gasteiger partial charge on any atom is -0.258 e. The average Bonchev–Trinajstić information content (AvgIpc) is 3.23. The van der Waals surface area contributed by atoms with Crippen molar-refractivity contribution in [3.8, 4) is 5.69 Å². The minimum absolute atomic E-state index is 0.0534. The molecule has 0 saturated heterocycles. The van der Waals surface area contributed by atoms with Crippen molar-refractivity contribution in [2.45, 2.75) is 23.3 Å². The molecule has 2 heterocycles. The monoisotopic (exact) mass is 384 g/mol. The van der Waals surface area contributed by atoms with Crippen molar-refractivity contribution in [1.82, 2.24) is 25.2 Å². The Morgan fingerprint density at radius 2 is 2.00 bits per heavy atom. The highest BCUT2D eigenvalue weighted by Gasteiger charge is 2.15. The minimum atomic E-state index is -0.410. The zero-order chi connectivity index (χ0) is 18.3. The number of hydrogen-bond donors (Lipinski definition) is 0. The second-order valence-electron chi connectivity index (χ2n) is 5.63. The fraction of sp³-hybridized carbons (Fsp3) is 0.125. The first-order valence-electron chi connectivity index (χ1n) is 7.60. The van der Waals surface area contributed by atoms with Gasteiger partial charge in [-0.2, -0.15) is 4.68 Å². The van der Waals surface area contributed by atoms with Crippen LogP contribution in [0.25, 0.3) is 15.9 Å². The fourth-order valence-corrected chi connectivity index (χ4v) is 4.38. The van der Waals surface area contributed by atoms with E-state index in [0.717, 1.165) is 20.3 Å². The van der Waals surface area contributed by atoms with Gasteiger partial charge in [0.05, 0.1) is 20.8 Å². The molecule has 4 rings (SSSR count). The van der Waals surface area contributed by atoms with Crippen LogP contribution in [0.3, 0.4) is 0 Å². The van der Waals surface area contributed by atoms with Gasteiger partial charge in [-0.1, -0.05) is 6.07 Å². The lowest BCUT2D eigenvalue weighted by Crippen LogP contribution is -1.99. The number of rotatable bonds is 4. The Hall–Kier alpha value is -2.85. The number of thiazole rings is 1. The van der Waals surface area contributed by atoms with Crippen molar-refractivity contribution < 1.29 is 4.92 Å². The third-order valence-electron chi connectivity index (χ3n) is 3.92. The summed E-state index contributed by atoms with van der Waals surface area (Å²) >= 11 is 2.71. The van der Waals surface area contributed by atoms with Gasteiger partial charge in [0.1, 0.15) is 0 Å². The van der Waals surface area contributed by atoms with E-state index in [0.29, 0.717) is 10.7 Å². The molecule has 8 nitrogen and oxygen atoms in total. The lowest BCUT2D eigenvalue weighted by Gasteiger charge is -2.05. The first-order valence-corrected chi connectivity index (χ1v) is 9.23. The molecule has 0 aliphatic heterocycles. The molecule has 0 aliphatic carbocycles. The van der Waals surface area contributed by atoms with E-state index in [2.05, 4.69) is 27.4 Å². The van der Waals surface area contributed by atoms with Gasteiger partial charge in [0.25, 0.3) is 5.69 Å². The quantitative estimate of drug-likeness (QED) is 0.388. The van der Waals surface area contributed by atoms with E-state index >= 15 is 0 Å². The van der Waals surface area contributed by atoms with E-state index in [4.69, 9.17) is 0 Å². The topological polar surface area (TPSA) is 99.6 Å². The molecule has 0 N–H and O–H groups in total. The first kappa shape index (κ1) is 16.6. The van der Waals surface area contributed by atoms with Gasteiger partial charge < -0.3 is 0 Å². The lowest BCUT2D eigenvalue weighted by atomic mass is 10.1. The van der Waals surface area contributed by atoms with Crippen LogP contribution in [0.4, 0.5) is 5.69 Å². The zero-order valence-corrected chi connectivity index (χ0v) is 15.4. The molecular formula is C16H12N6O2S2. The molecule has 0 amide bonds. The van der Waals surface area contributed by atoms with Gasteiger partial charge in [0, 0.05) is 12.1 Å². The summed E-state index contributed by atoms with van der Waals surface area (Å²) in [6, 6.07) is 10.7. The fourth-order valence-electron chi connectivity index (χ4n) is 2.39. The van der Waals surface area contributed by atoms with E-state index in [1.165, 1.54) is 40.8 Å². The number of hydrogen-bond acceptors (Lipinski definition) is 8. The van der Waals surface area contributed by atoms with Gasteiger partial charge in [0.15, 0.2) is 4.34 Å². The Balaban J connectivity index is 1.68. The Morgan fingerprint density at radius 1 is 1.15 bits per heavy atom. The van der Waals surface area contributed by atoms with Crippen LogP contribution >= 0.6 is 23.1 Å². The summed E-state index contributed by atoms with van der Waals surface area (Å²) in [7, 11) is 0. The largest absolute Gasteiger partial charge is 0.270 e. The van der Waals surface area contributed by atoms with Crippen LogP contribution in [-0.4, -0.2) is 30.1 Å². The highest BCUT2D eigenvalue weighted by Crippen LogP contribution is 2.35. The average molecular weight is 384 g/mol. The molecule has 4 aromatic rings. The van der Waals surface area contributed by atoms with Crippen molar-refractivity contribution in [3.05, 3.63) is 57.6 Å². The molecule has 0 bridgehead atoms. The van der Waals surface area contributed by atoms with Crippen molar-refractivity contribution in [2.24, 2.45) is 0 Å². The molecule has 2 aromatic heterocycles. The summed E-state index contributed by atoms with van der Waals surface area (Å²) in [6.45, 7) is 4.09. The van der Waals surface area contributed by atoms with Gasteiger partial charge in [-0.15, -0.1) is 16.4 Å². The van der Waals surface area contributed by atoms with Crippen molar-refractivity contribution in [1.29, 1.82) is 0 Å². The van der Waals surface area contributed by atoms with E-state index < -0.39 is 4.92 Å². The van der Waals surface area contributed by atoms with Gasteiger partial charge in [-0.25, -0.2) is 4.98 Å². The Morgan fingerprint density at radius 3 is 2.77 bits per heavy atom. The standard InChI is InChI=1S/C16H12N6O2S2/c1-9-3-4-11(7-10(9)2)21-15(18-19-20-21)26-16-17-13-6-5-12(22(23)24)8-14(13)25-16/h3-8H,1-2H3. The number of benzene rings is 2. The van der Waals surface area contributed by atoms with Crippen LogP contribution in [0.15, 0.2) is 45.9 Å². The smallest absolute Gasteiger partial charge is 0.258 e. The molecule has 0 radical (unpaired) electrons. The predicted octanol–water partition coefficient (Wildman–Crippen LogP) is 3.95. The van der Waals surface area contributed by atoms with Gasteiger partial charge >= 0.3 is 0 Å². The zero-order valence-electron chi connectivity index (χ0n) is 13.8. The van der Waals surface area contributed by atoms with Crippen LogP contribution in [0.5, 0.6) is 0 Å². The number of nitro groups is 1. The predicted molar refractivity (Wildman–Crippen MR) is 99.0 cm³/mol. The molecule has 0 spiro atoms. The maximum Gasteiger partial charge on any atom is 0.270 e. The van der Waals surface area contributed by atoms with Gasteiger partial charge in [-0.3, -0.25) is 10.1 Å². The van der Waals surface area contributed by atoms with Crippen LogP contribution in [0, 0.1) is 24.0 Å². The second kappa shape index (κ2) is 6.46. The molecule has 2 aromatic carbocycles. The number of aromatic nitrogens is 5. The Bertz CT molecular complexity index is 1140. The molecule has 26 heavy (non-hydrogen) atoms. The first-order chi connectivity index (χ1) is 12.5. The third-order valence-corrected chi connectivity index (χ3v) is 5.93. The molecular weight excluding hydrogens is 372 g/mol. The molecule has 10 heteroatoms. The van der Waals surface area contributed by atoms with Crippen LogP contribution in [0.2, 0.25) is 0 Å². The second-order valence-corrected chi connectivity index (χ2v) is 7.88. The van der Waals surface area contributed by atoms with Crippen molar-refractivity contribution >= 4 is 39.0 Å². The number of non-ortho nitro benzene ring substituents is 1. The normalized spacial score (nSPS) is 11.2. The number of nitro benzene ring substituents is 1. The van der Waals surface area contributed by atoms with E-state index in [1.807, 2.05) is 25.1 Å². The van der Waals surface area contributed by atoms with E-state index in [1.54, 1.807) is 10.7 Å². The molecule has 0 aliphatic rings. The molecule has 0 unspecified atom stereocenters. The maximum atomic E-state index is 10.9. The van der Waals surface area contributed by atoms with Crippen LogP contribution in [0.1, 0.15) is 11.1 Å². The summed E-state index contributed by atoms with van der Waals surface area (Å²) in [6.07, 6.45) is 0. The summed E-state index contributed by atoms with van der Waals surface area (Å²) in [4.78, 5) is 15.0. The van der Waals surface area contributed by atoms with E-state index in [9.17, 15) is 10.1 Å². The maximum absolute atomic E-state index is 10.9. The van der Waals surface area contributed by atoms with Crippen molar-refractivity contribution in [2.75, 3.05) is 0 Å². The molecule has 0 fully saturated rings. The molecule has 0 atom stereocenters. The van der Waals surface area contributed by atoms with Gasteiger partial charge in [0.2, 0.25) is 5.16 Å².